The van der Waals surface area contributed by atoms with Gasteiger partial charge in [0.25, 0.3) is 5.91 Å². The highest BCUT2D eigenvalue weighted by Crippen LogP contribution is 2.21. The molecule has 126 valence electrons. The van der Waals surface area contributed by atoms with Gasteiger partial charge in [0.2, 0.25) is 0 Å². The monoisotopic (exact) mass is 334 g/mol. The van der Waals surface area contributed by atoms with Crippen molar-refractivity contribution in [3.63, 3.8) is 0 Å². The maximum Gasteiger partial charge on any atom is 0.329 e. The molecular weight excluding hydrogens is 319 g/mol. The highest BCUT2D eigenvalue weighted by atomic mass is 19.1. The number of nitrogens with one attached hydrogen (secondary N) is 1. The van der Waals surface area contributed by atoms with Crippen LogP contribution in [0.1, 0.15) is 23.3 Å². The van der Waals surface area contributed by atoms with E-state index in [2.05, 4.69) is 15.5 Å². The normalized spacial score (nSPS) is 16.5. The van der Waals surface area contributed by atoms with Crippen LogP contribution in [0.15, 0.2) is 30.5 Å². The molecule has 1 aromatic heterocycles. The molecule has 2 aromatic rings. The lowest BCUT2D eigenvalue weighted by Crippen LogP contribution is -2.57. The molecule has 0 aliphatic carbocycles. The Balaban J connectivity index is 1.78. The molecule has 1 fully saturated rings. The van der Waals surface area contributed by atoms with Crippen molar-refractivity contribution >= 4 is 11.9 Å². The van der Waals surface area contributed by atoms with Gasteiger partial charge in [0, 0.05) is 26.1 Å². The van der Waals surface area contributed by atoms with Gasteiger partial charge in [0.1, 0.15) is 11.4 Å². The predicted molar refractivity (Wildman–Crippen MR) is 79.2 cm³/mol. The zero-order valence-electron chi connectivity index (χ0n) is 12.6. The Morgan fingerprint density at radius 3 is 2.54 bits per heavy atom. The number of aliphatic carboxylic acids is 1. The molecule has 24 heavy (non-hydrogen) atoms. The SMILES string of the molecule is O=C(NC1(C(=O)O)CCOCC1)c1cnn(-c2ccc(F)cc2)n1. The van der Waals surface area contributed by atoms with Crippen molar-refractivity contribution in [3.05, 3.63) is 42.0 Å². The lowest BCUT2D eigenvalue weighted by molar-refractivity contribution is -0.148. The van der Waals surface area contributed by atoms with E-state index in [0.717, 1.165) is 0 Å². The van der Waals surface area contributed by atoms with Gasteiger partial charge in [-0.1, -0.05) is 0 Å². The highest BCUT2D eigenvalue weighted by Gasteiger charge is 2.42. The summed E-state index contributed by atoms with van der Waals surface area (Å²) in [7, 11) is 0. The van der Waals surface area contributed by atoms with E-state index in [9.17, 15) is 19.1 Å². The zero-order valence-corrected chi connectivity index (χ0v) is 12.6. The Bertz CT molecular complexity index is 753. The third-order valence-electron chi connectivity index (χ3n) is 3.89. The summed E-state index contributed by atoms with van der Waals surface area (Å²) in [6, 6.07) is 5.43. The van der Waals surface area contributed by atoms with Crippen LogP contribution in [0.3, 0.4) is 0 Å². The zero-order chi connectivity index (χ0) is 17.2. The number of nitrogens with zero attached hydrogens (tertiary/aromatic N) is 3. The first kappa shape index (κ1) is 16.1. The van der Waals surface area contributed by atoms with Crippen molar-refractivity contribution in [1.82, 2.24) is 20.3 Å². The molecule has 1 amide bonds. The van der Waals surface area contributed by atoms with Crippen molar-refractivity contribution in [2.24, 2.45) is 0 Å². The maximum absolute atomic E-state index is 12.9. The van der Waals surface area contributed by atoms with Gasteiger partial charge in [-0.05, 0) is 24.3 Å². The van der Waals surface area contributed by atoms with E-state index in [4.69, 9.17) is 4.74 Å². The van der Waals surface area contributed by atoms with Crippen molar-refractivity contribution < 1.29 is 23.8 Å². The number of benzene rings is 1. The molecule has 1 aliphatic heterocycles. The van der Waals surface area contributed by atoms with E-state index in [1.807, 2.05) is 0 Å². The van der Waals surface area contributed by atoms with Crippen LogP contribution < -0.4 is 5.32 Å². The Labute approximate surface area is 136 Å². The minimum absolute atomic E-state index is 0.0218. The van der Waals surface area contributed by atoms with Gasteiger partial charge in [-0.15, -0.1) is 5.10 Å². The van der Waals surface area contributed by atoms with Crippen LogP contribution in [0.25, 0.3) is 5.69 Å². The molecule has 1 aliphatic rings. The number of halogens is 1. The van der Waals surface area contributed by atoms with Crippen LogP contribution in [0.2, 0.25) is 0 Å². The summed E-state index contributed by atoms with van der Waals surface area (Å²) in [4.78, 5) is 25.1. The van der Waals surface area contributed by atoms with Crippen molar-refractivity contribution in [2.75, 3.05) is 13.2 Å². The summed E-state index contributed by atoms with van der Waals surface area (Å²) in [6.07, 6.45) is 1.59. The standard InChI is InChI=1S/C15H15FN4O4/c16-10-1-3-11(4-2-10)20-17-9-12(19-20)13(21)18-15(14(22)23)5-7-24-8-6-15/h1-4,9H,5-8H2,(H,18,21)(H,22,23). The number of hydrogen-bond donors (Lipinski definition) is 2. The van der Waals surface area contributed by atoms with Gasteiger partial charge in [0.15, 0.2) is 5.69 Å². The van der Waals surface area contributed by atoms with Crippen LogP contribution in [-0.4, -0.2) is 50.7 Å². The molecule has 0 atom stereocenters. The molecule has 1 saturated heterocycles. The summed E-state index contributed by atoms with van der Waals surface area (Å²) in [5.74, 6) is -2.13. The Morgan fingerprint density at radius 2 is 1.92 bits per heavy atom. The largest absolute Gasteiger partial charge is 0.480 e. The molecule has 0 bridgehead atoms. The first-order chi connectivity index (χ1) is 11.5. The molecule has 1 aromatic carbocycles. The number of carboxylic acid groups (broad SMARTS) is 1. The lowest BCUT2D eigenvalue weighted by atomic mass is 9.90. The topological polar surface area (TPSA) is 106 Å². The van der Waals surface area contributed by atoms with E-state index in [0.29, 0.717) is 5.69 Å². The van der Waals surface area contributed by atoms with Gasteiger partial charge in [0.05, 0.1) is 11.9 Å². The quantitative estimate of drug-likeness (QED) is 0.855. The fourth-order valence-corrected chi connectivity index (χ4v) is 2.46. The molecule has 2 N–H and O–H groups in total. The van der Waals surface area contributed by atoms with Gasteiger partial charge in [-0.25, -0.2) is 9.18 Å². The number of carboxylic acids is 1. The minimum Gasteiger partial charge on any atom is -0.480 e. The first-order valence-corrected chi connectivity index (χ1v) is 7.32. The van der Waals surface area contributed by atoms with Crippen molar-refractivity contribution in [1.29, 1.82) is 0 Å². The predicted octanol–water partition coefficient (Wildman–Crippen LogP) is 0.770. The summed E-state index contributed by atoms with van der Waals surface area (Å²) in [6.45, 7) is 0.518. The number of carbonyl (C=O) groups is 2. The van der Waals surface area contributed by atoms with E-state index in [1.165, 1.54) is 35.3 Å². The van der Waals surface area contributed by atoms with E-state index in [-0.39, 0.29) is 31.7 Å². The van der Waals surface area contributed by atoms with Gasteiger partial charge < -0.3 is 15.2 Å². The number of hydrogen-bond acceptors (Lipinski definition) is 5. The van der Waals surface area contributed by atoms with Crippen LogP contribution in [0.5, 0.6) is 0 Å². The number of rotatable bonds is 4. The van der Waals surface area contributed by atoms with Gasteiger partial charge in [-0.3, -0.25) is 4.79 Å². The summed E-state index contributed by atoms with van der Waals surface area (Å²) in [5, 5.41) is 19.9. The van der Waals surface area contributed by atoms with E-state index in [1.54, 1.807) is 0 Å². The van der Waals surface area contributed by atoms with Gasteiger partial charge >= 0.3 is 5.97 Å². The number of amides is 1. The molecule has 0 spiro atoms. The van der Waals surface area contributed by atoms with Crippen LogP contribution >= 0.6 is 0 Å². The fraction of sp³-hybridized carbons (Fsp3) is 0.333. The van der Waals surface area contributed by atoms with E-state index < -0.39 is 23.2 Å². The molecule has 9 heteroatoms. The highest BCUT2D eigenvalue weighted by molar-refractivity contribution is 5.96. The number of ether oxygens (including phenoxy) is 1. The first-order valence-electron chi connectivity index (χ1n) is 7.32. The molecule has 0 radical (unpaired) electrons. The van der Waals surface area contributed by atoms with Crippen molar-refractivity contribution in [2.45, 2.75) is 18.4 Å². The van der Waals surface area contributed by atoms with Crippen molar-refractivity contribution in [3.8, 4) is 5.69 Å². The number of carbonyl (C=O) groups excluding carboxylic acids is 1. The van der Waals surface area contributed by atoms with Crippen LogP contribution in [0.4, 0.5) is 4.39 Å². The Morgan fingerprint density at radius 1 is 1.25 bits per heavy atom. The number of aromatic nitrogens is 3. The van der Waals surface area contributed by atoms with Gasteiger partial charge in [-0.2, -0.15) is 9.90 Å². The Kier molecular flexibility index (Phi) is 4.26. The third-order valence-corrected chi connectivity index (χ3v) is 3.89. The Hall–Kier alpha value is -2.81. The second-order valence-electron chi connectivity index (χ2n) is 5.45. The molecule has 0 saturated carbocycles. The smallest absolute Gasteiger partial charge is 0.329 e. The summed E-state index contributed by atoms with van der Waals surface area (Å²) < 4.78 is 18.1. The average Bonchev–Trinajstić information content (AvgIpc) is 3.06. The average molecular weight is 334 g/mol. The summed E-state index contributed by atoms with van der Waals surface area (Å²) in [5.41, 5.74) is -0.907. The molecular formula is C15H15FN4O4. The third kappa shape index (κ3) is 3.11. The fourth-order valence-electron chi connectivity index (χ4n) is 2.46. The molecule has 2 heterocycles. The molecule has 8 nitrogen and oxygen atoms in total. The molecule has 3 rings (SSSR count). The second kappa shape index (κ2) is 6.36. The summed E-state index contributed by atoms with van der Waals surface area (Å²) >= 11 is 0. The minimum atomic E-state index is -1.37. The maximum atomic E-state index is 12.9. The van der Waals surface area contributed by atoms with Crippen LogP contribution in [0, 0.1) is 5.82 Å². The van der Waals surface area contributed by atoms with E-state index >= 15 is 0 Å². The van der Waals surface area contributed by atoms with Crippen LogP contribution in [-0.2, 0) is 9.53 Å². The lowest BCUT2D eigenvalue weighted by Gasteiger charge is -2.33. The molecule has 0 unspecified atom stereocenters. The second-order valence-corrected chi connectivity index (χ2v) is 5.45.